The summed E-state index contributed by atoms with van der Waals surface area (Å²) in [6.45, 7) is 0. The molecule has 0 bridgehead atoms. The number of amides is 1. The molecule has 0 radical (unpaired) electrons. The van der Waals surface area contributed by atoms with Gasteiger partial charge in [0.25, 0.3) is 15.9 Å². The number of carbonyl (C=O) groups excluding carboxylic acids is 1. The fraction of sp³-hybridized carbons (Fsp3) is 0. The van der Waals surface area contributed by atoms with Gasteiger partial charge in [-0.25, -0.2) is 13.4 Å². The zero-order valence-electron chi connectivity index (χ0n) is 17.8. The Bertz CT molecular complexity index is 1550. The molecule has 5 aromatic rings. The summed E-state index contributed by atoms with van der Waals surface area (Å²) in [5, 5.41) is 3.77. The Labute approximate surface area is 201 Å². The molecule has 4 aromatic carbocycles. The van der Waals surface area contributed by atoms with Crippen molar-refractivity contribution in [1.29, 1.82) is 0 Å². The van der Waals surface area contributed by atoms with Crippen molar-refractivity contribution in [2.45, 2.75) is 4.90 Å². The fourth-order valence-corrected chi connectivity index (χ4v) is 5.55. The maximum absolute atomic E-state index is 12.9. The van der Waals surface area contributed by atoms with E-state index in [2.05, 4.69) is 10.0 Å². The van der Waals surface area contributed by atoms with Gasteiger partial charge in [0.05, 0.1) is 20.8 Å². The lowest BCUT2D eigenvalue weighted by Gasteiger charge is -2.11. The van der Waals surface area contributed by atoms with Gasteiger partial charge in [0, 0.05) is 16.8 Å². The van der Waals surface area contributed by atoms with Crippen LogP contribution < -0.4 is 10.0 Å². The summed E-state index contributed by atoms with van der Waals surface area (Å²) >= 11 is 1.57. The summed E-state index contributed by atoms with van der Waals surface area (Å²) < 4.78 is 28.6. The maximum Gasteiger partial charge on any atom is 0.261 e. The van der Waals surface area contributed by atoms with Gasteiger partial charge >= 0.3 is 0 Å². The first-order valence-electron chi connectivity index (χ1n) is 10.4. The smallest absolute Gasteiger partial charge is 0.261 e. The van der Waals surface area contributed by atoms with E-state index in [0.29, 0.717) is 16.9 Å². The Morgan fingerprint density at radius 1 is 0.765 bits per heavy atom. The molecule has 1 heterocycles. The van der Waals surface area contributed by atoms with Gasteiger partial charge in [-0.1, -0.05) is 42.5 Å². The van der Waals surface area contributed by atoms with Gasteiger partial charge in [-0.15, -0.1) is 11.3 Å². The Morgan fingerprint density at radius 3 is 2.21 bits per heavy atom. The third-order valence-corrected chi connectivity index (χ3v) is 7.62. The number of rotatable bonds is 6. The molecule has 34 heavy (non-hydrogen) atoms. The lowest BCUT2D eigenvalue weighted by atomic mass is 10.1. The number of fused-ring (bicyclic) bond motifs is 1. The van der Waals surface area contributed by atoms with Crippen LogP contribution in [-0.2, 0) is 10.0 Å². The molecule has 0 saturated carbocycles. The van der Waals surface area contributed by atoms with Crippen LogP contribution in [0, 0.1) is 0 Å². The largest absolute Gasteiger partial charge is 0.321 e. The number of thiazole rings is 1. The molecule has 2 N–H and O–H groups in total. The van der Waals surface area contributed by atoms with E-state index in [1.165, 1.54) is 12.1 Å². The molecule has 6 nitrogen and oxygen atoms in total. The lowest BCUT2D eigenvalue weighted by Crippen LogP contribution is -2.14. The third-order valence-electron chi connectivity index (χ3n) is 5.15. The molecule has 0 atom stereocenters. The molecule has 0 unspecified atom stereocenters. The highest BCUT2D eigenvalue weighted by molar-refractivity contribution is 7.92. The average molecular weight is 486 g/mol. The first-order chi connectivity index (χ1) is 16.5. The van der Waals surface area contributed by atoms with Crippen molar-refractivity contribution < 1.29 is 13.2 Å². The van der Waals surface area contributed by atoms with Crippen LogP contribution in [0.15, 0.2) is 108 Å². The highest BCUT2D eigenvalue weighted by atomic mass is 32.2. The fourth-order valence-electron chi connectivity index (χ4n) is 3.46. The van der Waals surface area contributed by atoms with Gasteiger partial charge in [-0.2, -0.15) is 0 Å². The summed E-state index contributed by atoms with van der Waals surface area (Å²) in [5.41, 5.74) is 3.18. The number of nitrogens with zero attached hydrogens (tertiary/aromatic N) is 1. The molecule has 0 aliphatic carbocycles. The van der Waals surface area contributed by atoms with Gasteiger partial charge in [-0.3, -0.25) is 9.52 Å². The first-order valence-corrected chi connectivity index (χ1v) is 12.7. The number of nitrogens with one attached hydrogen (secondary N) is 2. The number of hydrogen-bond donors (Lipinski definition) is 2. The Hall–Kier alpha value is -4.01. The number of anilines is 2. The van der Waals surface area contributed by atoms with Crippen LogP contribution in [0.3, 0.4) is 0 Å². The predicted octanol–water partition coefficient (Wildman–Crippen LogP) is 6.02. The molecule has 0 spiro atoms. The van der Waals surface area contributed by atoms with Crippen molar-refractivity contribution in [3.8, 4) is 10.6 Å². The minimum atomic E-state index is -3.70. The van der Waals surface area contributed by atoms with E-state index in [4.69, 9.17) is 4.98 Å². The summed E-state index contributed by atoms with van der Waals surface area (Å²) in [5.74, 6) is -0.300. The van der Waals surface area contributed by atoms with Crippen molar-refractivity contribution in [1.82, 2.24) is 4.98 Å². The third kappa shape index (κ3) is 4.54. The molecule has 0 aliphatic rings. The Kier molecular flexibility index (Phi) is 5.83. The van der Waals surface area contributed by atoms with Gasteiger partial charge in [0.15, 0.2) is 0 Å². The maximum atomic E-state index is 12.9. The average Bonchev–Trinajstić information content (AvgIpc) is 3.29. The standard InChI is InChI=1S/C26H19N3O3S2/c30-25(18-14-16-19(17-15-18)29-34(31,32)20-8-2-1-3-9-20)27-22-11-5-4-10-21(22)26-28-23-12-6-7-13-24(23)33-26/h1-17,29H,(H,27,30). The molecule has 8 heteroatoms. The highest BCUT2D eigenvalue weighted by Crippen LogP contribution is 2.34. The topological polar surface area (TPSA) is 88.2 Å². The van der Waals surface area contributed by atoms with Gasteiger partial charge in [0.1, 0.15) is 5.01 Å². The molecule has 5 rings (SSSR count). The second-order valence-corrected chi connectivity index (χ2v) is 10.2. The van der Waals surface area contributed by atoms with Crippen molar-refractivity contribution in [2.75, 3.05) is 10.0 Å². The molecular weight excluding hydrogens is 466 g/mol. The number of sulfonamides is 1. The molecule has 1 amide bonds. The summed E-state index contributed by atoms with van der Waals surface area (Å²) in [6.07, 6.45) is 0. The summed E-state index contributed by atoms with van der Waals surface area (Å²) in [6, 6.07) is 29.8. The first kappa shape index (κ1) is 21.8. The van der Waals surface area contributed by atoms with Crippen LogP contribution >= 0.6 is 11.3 Å². The molecule has 1 aromatic heterocycles. The van der Waals surface area contributed by atoms with Crippen LogP contribution in [0.2, 0.25) is 0 Å². The van der Waals surface area contributed by atoms with E-state index in [-0.39, 0.29) is 10.8 Å². The SMILES string of the molecule is O=C(Nc1ccccc1-c1nc2ccccc2s1)c1ccc(NS(=O)(=O)c2ccccc2)cc1. The highest BCUT2D eigenvalue weighted by Gasteiger charge is 2.15. The quantitative estimate of drug-likeness (QED) is 0.308. The Morgan fingerprint density at radius 2 is 1.44 bits per heavy atom. The number of aromatic nitrogens is 1. The van der Waals surface area contributed by atoms with Crippen LogP contribution in [0.1, 0.15) is 10.4 Å². The zero-order valence-corrected chi connectivity index (χ0v) is 19.4. The number of carbonyl (C=O) groups is 1. The van der Waals surface area contributed by atoms with Crippen molar-refractivity contribution >= 4 is 48.9 Å². The van der Waals surface area contributed by atoms with Crippen LogP contribution in [0.25, 0.3) is 20.8 Å². The monoisotopic (exact) mass is 485 g/mol. The predicted molar refractivity (Wildman–Crippen MR) is 137 cm³/mol. The molecule has 168 valence electrons. The van der Waals surface area contributed by atoms with E-state index in [0.717, 1.165) is 20.8 Å². The number of hydrogen-bond acceptors (Lipinski definition) is 5. The normalized spacial score (nSPS) is 11.3. The molecular formula is C26H19N3O3S2. The second-order valence-electron chi connectivity index (χ2n) is 7.48. The molecule has 0 aliphatic heterocycles. The van der Waals surface area contributed by atoms with Gasteiger partial charge in [0.2, 0.25) is 0 Å². The van der Waals surface area contributed by atoms with E-state index < -0.39 is 10.0 Å². The number of para-hydroxylation sites is 2. The van der Waals surface area contributed by atoms with E-state index in [1.54, 1.807) is 53.8 Å². The molecule has 0 fully saturated rings. The van der Waals surface area contributed by atoms with Crippen LogP contribution in [-0.4, -0.2) is 19.3 Å². The van der Waals surface area contributed by atoms with Gasteiger partial charge in [-0.05, 0) is 60.7 Å². The van der Waals surface area contributed by atoms with Gasteiger partial charge < -0.3 is 5.32 Å². The van der Waals surface area contributed by atoms with Crippen molar-refractivity contribution in [3.05, 3.63) is 109 Å². The summed E-state index contributed by atoms with van der Waals surface area (Å²) in [7, 11) is -3.70. The van der Waals surface area contributed by atoms with Crippen LogP contribution in [0.4, 0.5) is 11.4 Å². The number of benzene rings is 4. The second kappa shape index (κ2) is 9.09. The van der Waals surface area contributed by atoms with Crippen molar-refractivity contribution in [3.63, 3.8) is 0 Å². The van der Waals surface area contributed by atoms with E-state index >= 15 is 0 Å². The Balaban J connectivity index is 1.34. The van der Waals surface area contributed by atoms with E-state index in [1.807, 2.05) is 48.5 Å². The van der Waals surface area contributed by atoms with Crippen molar-refractivity contribution in [2.24, 2.45) is 0 Å². The van der Waals surface area contributed by atoms with E-state index in [9.17, 15) is 13.2 Å². The summed E-state index contributed by atoms with van der Waals surface area (Å²) in [4.78, 5) is 17.8. The minimum absolute atomic E-state index is 0.170. The minimum Gasteiger partial charge on any atom is -0.321 e. The molecule has 0 saturated heterocycles. The zero-order chi connectivity index (χ0) is 23.5. The van der Waals surface area contributed by atoms with Crippen LogP contribution in [0.5, 0.6) is 0 Å². The lowest BCUT2D eigenvalue weighted by molar-refractivity contribution is 0.102.